The summed E-state index contributed by atoms with van der Waals surface area (Å²) >= 11 is 0. The Morgan fingerprint density at radius 3 is 2.72 bits per heavy atom. The smallest absolute Gasteiger partial charge is 0.222 e. The number of piperidine rings is 1. The van der Waals surface area contributed by atoms with Gasteiger partial charge in [-0.2, -0.15) is 0 Å². The van der Waals surface area contributed by atoms with E-state index in [-0.39, 0.29) is 0 Å². The third-order valence-corrected chi connectivity index (χ3v) is 6.46. The molecule has 7 nitrogen and oxygen atoms in total. The molecule has 3 heterocycles. The predicted octanol–water partition coefficient (Wildman–Crippen LogP) is 2.60. The van der Waals surface area contributed by atoms with Crippen molar-refractivity contribution < 1.29 is 4.79 Å². The van der Waals surface area contributed by atoms with E-state index in [9.17, 15) is 4.79 Å². The van der Waals surface area contributed by atoms with E-state index in [1.54, 1.807) is 6.33 Å². The Bertz CT molecular complexity index is 671. The zero-order valence-corrected chi connectivity index (χ0v) is 17.9. The van der Waals surface area contributed by atoms with Gasteiger partial charge in [-0.15, -0.1) is 0 Å². The van der Waals surface area contributed by atoms with E-state index in [0.717, 1.165) is 63.9 Å². The van der Waals surface area contributed by atoms with E-state index in [1.807, 2.05) is 0 Å². The van der Waals surface area contributed by atoms with Gasteiger partial charge in [-0.3, -0.25) is 9.69 Å². The molecule has 2 saturated heterocycles. The Labute approximate surface area is 174 Å². The number of amides is 1. The van der Waals surface area contributed by atoms with Crippen molar-refractivity contribution in [3.63, 3.8) is 0 Å². The second-order valence-electron chi connectivity index (χ2n) is 8.90. The van der Waals surface area contributed by atoms with Crippen molar-refractivity contribution in [3.05, 3.63) is 12.4 Å². The Morgan fingerprint density at radius 2 is 1.97 bits per heavy atom. The largest absolute Gasteiger partial charge is 0.367 e. The minimum absolute atomic E-state index is 0.344. The summed E-state index contributed by atoms with van der Waals surface area (Å²) in [5.74, 6) is 2.88. The van der Waals surface area contributed by atoms with Crippen molar-refractivity contribution in [1.29, 1.82) is 0 Å². The fourth-order valence-electron chi connectivity index (χ4n) is 4.57. The van der Waals surface area contributed by atoms with Gasteiger partial charge in [0.2, 0.25) is 5.91 Å². The van der Waals surface area contributed by atoms with Gasteiger partial charge in [-0.05, 0) is 51.0 Å². The average Bonchev–Trinajstić information content (AvgIpc) is 3.57. The summed E-state index contributed by atoms with van der Waals surface area (Å²) in [6.45, 7) is 9.27. The van der Waals surface area contributed by atoms with Crippen molar-refractivity contribution in [3.8, 4) is 0 Å². The highest BCUT2D eigenvalue weighted by molar-refractivity contribution is 5.76. The molecule has 4 rings (SSSR count). The van der Waals surface area contributed by atoms with Crippen LogP contribution >= 0.6 is 0 Å². The van der Waals surface area contributed by atoms with E-state index in [2.05, 4.69) is 43.0 Å². The monoisotopic (exact) mass is 400 g/mol. The summed E-state index contributed by atoms with van der Waals surface area (Å²) in [5, 5.41) is 3.46. The van der Waals surface area contributed by atoms with Crippen molar-refractivity contribution in [2.24, 2.45) is 5.92 Å². The first-order valence-corrected chi connectivity index (χ1v) is 11.5. The summed E-state index contributed by atoms with van der Waals surface area (Å²) in [6.07, 6.45) is 9.41. The van der Waals surface area contributed by atoms with Crippen LogP contribution in [-0.2, 0) is 4.79 Å². The molecule has 7 heteroatoms. The molecule has 1 aromatic heterocycles. The zero-order valence-electron chi connectivity index (χ0n) is 17.9. The number of piperazine rings is 1. The molecule has 1 saturated carbocycles. The fourth-order valence-corrected chi connectivity index (χ4v) is 4.57. The van der Waals surface area contributed by atoms with Crippen LogP contribution in [0, 0.1) is 5.92 Å². The molecule has 1 aliphatic carbocycles. The molecule has 3 aliphatic rings. The van der Waals surface area contributed by atoms with Crippen molar-refractivity contribution in [2.45, 2.75) is 57.9 Å². The van der Waals surface area contributed by atoms with Crippen LogP contribution in [0.1, 0.15) is 51.9 Å². The van der Waals surface area contributed by atoms with Crippen LogP contribution in [0.4, 0.5) is 11.6 Å². The standard InChI is InChI=1S/C22H36N6O/c1-2-9-26-11-13-27(14-12-26)22(29)8-5-18-4-3-10-28(16-18)21-15-20(23-17-24-21)25-19-6-7-19/h15,17-19H,2-14,16H2,1H3,(H,23,24,25). The molecule has 1 aromatic rings. The van der Waals surface area contributed by atoms with Gasteiger partial charge >= 0.3 is 0 Å². The van der Waals surface area contributed by atoms with Gasteiger partial charge in [0, 0.05) is 57.8 Å². The number of hydrogen-bond donors (Lipinski definition) is 1. The topological polar surface area (TPSA) is 64.6 Å². The van der Waals surface area contributed by atoms with Gasteiger partial charge in [0.05, 0.1) is 0 Å². The molecule has 1 N–H and O–H groups in total. The molecule has 2 aliphatic heterocycles. The predicted molar refractivity (Wildman–Crippen MR) is 116 cm³/mol. The Kier molecular flexibility index (Phi) is 6.85. The first-order chi connectivity index (χ1) is 14.2. The van der Waals surface area contributed by atoms with E-state index in [4.69, 9.17) is 0 Å². The third kappa shape index (κ3) is 5.81. The number of carbonyl (C=O) groups excluding carboxylic acids is 1. The highest BCUT2D eigenvalue weighted by Gasteiger charge is 2.25. The molecule has 160 valence electrons. The maximum absolute atomic E-state index is 12.7. The van der Waals surface area contributed by atoms with Gasteiger partial charge in [-0.25, -0.2) is 9.97 Å². The number of anilines is 2. The van der Waals surface area contributed by atoms with Crippen LogP contribution in [0.25, 0.3) is 0 Å². The van der Waals surface area contributed by atoms with Crippen molar-refractivity contribution in [1.82, 2.24) is 19.8 Å². The number of nitrogens with one attached hydrogen (secondary N) is 1. The maximum Gasteiger partial charge on any atom is 0.222 e. The van der Waals surface area contributed by atoms with Crippen LogP contribution in [0.2, 0.25) is 0 Å². The lowest BCUT2D eigenvalue weighted by molar-refractivity contribution is -0.133. The molecule has 0 spiro atoms. The summed E-state index contributed by atoms with van der Waals surface area (Å²) in [5.41, 5.74) is 0. The zero-order chi connectivity index (χ0) is 20.1. The van der Waals surface area contributed by atoms with Crippen LogP contribution in [-0.4, -0.2) is 77.5 Å². The molecule has 1 amide bonds. The van der Waals surface area contributed by atoms with E-state index >= 15 is 0 Å². The minimum Gasteiger partial charge on any atom is -0.367 e. The highest BCUT2D eigenvalue weighted by Crippen LogP contribution is 2.28. The first kappa shape index (κ1) is 20.4. The van der Waals surface area contributed by atoms with Crippen LogP contribution in [0.5, 0.6) is 0 Å². The second kappa shape index (κ2) is 9.74. The number of rotatable bonds is 8. The fraction of sp³-hybridized carbons (Fsp3) is 0.773. The summed E-state index contributed by atoms with van der Waals surface area (Å²) in [6, 6.07) is 2.68. The molecular weight excluding hydrogens is 364 g/mol. The lowest BCUT2D eigenvalue weighted by Crippen LogP contribution is -2.48. The Morgan fingerprint density at radius 1 is 1.14 bits per heavy atom. The molecule has 0 bridgehead atoms. The molecule has 1 atom stereocenters. The molecule has 29 heavy (non-hydrogen) atoms. The van der Waals surface area contributed by atoms with Gasteiger partial charge < -0.3 is 15.1 Å². The van der Waals surface area contributed by atoms with Crippen molar-refractivity contribution in [2.75, 3.05) is 56.0 Å². The summed E-state index contributed by atoms with van der Waals surface area (Å²) in [7, 11) is 0. The quantitative estimate of drug-likeness (QED) is 0.724. The number of hydrogen-bond acceptors (Lipinski definition) is 6. The lowest BCUT2D eigenvalue weighted by atomic mass is 9.93. The molecule has 3 fully saturated rings. The normalized spacial score (nSPS) is 23.3. The van der Waals surface area contributed by atoms with E-state index < -0.39 is 0 Å². The lowest BCUT2D eigenvalue weighted by Gasteiger charge is -2.36. The molecule has 1 unspecified atom stereocenters. The van der Waals surface area contributed by atoms with Gasteiger partial charge in [0.25, 0.3) is 0 Å². The van der Waals surface area contributed by atoms with Crippen LogP contribution in [0.3, 0.4) is 0 Å². The van der Waals surface area contributed by atoms with Crippen LogP contribution < -0.4 is 10.2 Å². The average molecular weight is 401 g/mol. The summed E-state index contributed by atoms with van der Waals surface area (Å²) < 4.78 is 0. The minimum atomic E-state index is 0.344. The number of carbonyl (C=O) groups is 1. The van der Waals surface area contributed by atoms with Gasteiger partial charge in [0.1, 0.15) is 18.0 Å². The summed E-state index contributed by atoms with van der Waals surface area (Å²) in [4.78, 5) is 28.5. The van der Waals surface area contributed by atoms with Crippen molar-refractivity contribution >= 4 is 17.5 Å². The van der Waals surface area contributed by atoms with Crippen LogP contribution in [0.15, 0.2) is 12.4 Å². The van der Waals surface area contributed by atoms with Gasteiger partial charge in [0.15, 0.2) is 0 Å². The van der Waals surface area contributed by atoms with E-state index in [0.29, 0.717) is 24.3 Å². The highest BCUT2D eigenvalue weighted by atomic mass is 16.2. The molecule has 0 aromatic carbocycles. The SMILES string of the molecule is CCCN1CCN(C(=O)CCC2CCCN(c3cc(NC4CC4)ncn3)C2)CC1. The maximum atomic E-state index is 12.7. The Balaban J connectivity index is 1.23. The second-order valence-corrected chi connectivity index (χ2v) is 8.90. The molecule has 0 radical (unpaired) electrons. The third-order valence-electron chi connectivity index (χ3n) is 6.46. The Hall–Kier alpha value is -1.89. The first-order valence-electron chi connectivity index (χ1n) is 11.5. The van der Waals surface area contributed by atoms with Gasteiger partial charge in [-0.1, -0.05) is 6.92 Å². The van der Waals surface area contributed by atoms with E-state index in [1.165, 1.54) is 32.1 Å². The number of aromatic nitrogens is 2. The molecular formula is C22H36N6O. The number of nitrogens with zero attached hydrogens (tertiary/aromatic N) is 5.